The van der Waals surface area contributed by atoms with Crippen molar-refractivity contribution in [2.75, 3.05) is 49.3 Å². The third kappa shape index (κ3) is 3.85. The first-order valence-corrected chi connectivity index (χ1v) is 10.8. The molecule has 0 bridgehead atoms. The molecule has 0 saturated carbocycles. The molecule has 1 unspecified atom stereocenters. The molecular weight excluding hydrogens is 314 g/mol. The van der Waals surface area contributed by atoms with E-state index >= 15 is 0 Å². The van der Waals surface area contributed by atoms with Gasteiger partial charge in [0, 0.05) is 43.6 Å². The normalized spacial score (nSPS) is 28.4. The highest BCUT2D eigenvalue weighted by Crippen LogP contribution is 2.35. The Morgan fingerprint density at radius 1 is 1.40 bits per heavy atom. The van der Waals surface area contributed by atoms with Crippen molar-refractivity contribution in [3.05, 3.63) is 0 Å². The summed E-state index contributed by atoms with van der Waals surface area (Å²) in [5.41, 5.74) is 0.116. The molecule has 118 valence electrons. The summed E-state index contributed by atoms with van der Waals surface area (Å²) in [7, 11) is -3.01. The van der Waals surface area contributed by atoms with Crippen LogP contribution in [0.25, 0.3) is 0 Å². The van der Waals surface area contributed by atoms with Gasteiger partial charge < -0.3 is 4.74 Å². The lowest BCUT2D eigenvalue weighted by molar-refractivity contribution is 0.00705. The first-order chi connectivity index (χ1) is 9.53. The van der Waals surface area contributed by atoms with E-state index in [0.717, 1.165) is 50.7 Å². The zero-order valence-corrected chi connectivity index (χ0v) is 14.6. The highest BCUT2D eigenvalue weighted by atomic mass is 32.2. The van der Waals surface area contributed by atoms with Gasteiger partial charge in [-0.2, -0.15) is 24.4 Å². The predicted molar refractivity (Wildman–Crippen MR) is 88.5 cm³/mol. The second-order valence-electron chi connectivity index (χ2n) is 5.72. The van der Waals surface area contributed by atoms with Gasteiger partial charge in [-0.05, 0) is 24.0 Å². The number of hydrogen-bond donors (Lipinski definition) is 1. The van der Waals surface area contributed by atoms with Gasteiger partial charge in [-0.25, -0.2) is 8.42 Å². The van der Waals surface area contributed by atoms with Gasteiger partial charge in [0.15, 0.2) is 9.84 Å². The first kappa shape index (κ1) is 16.9. The van der Waals surface area contributed by atoms with E-state index in [4.69, 9.17) is 4.74 Å². The quantitative estimate of drug-likeness (QED) is 0.770. The molecule has 2 rings (SSSR count). The highest BCUT2D eigenvalue weighted by molar-refractivity contribution is 8.01. The number of thiol groups is 1. The van der Waals surface area contributed by atoms with Crippen LogP contribution in [0, 0.1) is 5.41 Å². The smallest absolute Gasteiger partial charge is 0.166 e. The summed E-state index contributed by atoms with van der Waals surface area (Å²) in [6, 6.07) is 0. The Morgan fingerprint density at radius 2 is 2.10 bits per heavy atom. The maximum absolute atomic E-state index is 12.3. The maximum atomic E-state index is 12.3. The molecule has 2 aliphatic heterocycles. The summed E-state index contributed by atoms with van der Waals surface area (Å²) in [4.78, 5) is 2.19. The van der Waals surface area contributed by atoms with Crippen LogP contribution in [0.2, 0.25) is 0 Å². The summed E-state index contributed by atoms with van der Waals surface area (Å²) >= 11 is 6.29. The standard InChI is InChI=1S/C13H25NO3S3/c1-2-20(15,16)12-9-19-8-5-14(12)10-13(11-18)3-6-17-7-4-13/h12,18H,2-11H2,1H3. The van der Waals surface area contributed by atoms with Gasteiger partial charge in [0.1, 0.15) is 5.37 Å². The van der Waals surface area contributed by atoms with Crippen LogP contribution in [0.3, 0.4) is 0 Å². The molecule has 0 radical (unpaired) electrons. The summed E-state index contributed by atoms with van der Waals surface area (Å²) in [6.07, 6.45) is 1.97. The van der Waals surface area contributed by atoms with E-state index in [1.54, 1.807) is 18.7 Å². The van der Waals surface area contributed by atoms with Crippen LogP contribution in [-0.2, 0) is 14.6 Å². The molecule has 0 aromatic carbocycles. The third-order valence-corrected chi connectivity index (χ3v) is 8.44. The molecule has 0 N–H and O–H groups in total. The molecule has 0 aromatic heterocycles. The minimum atomic E-state index is -3.01. The highest BCUT2D eigenvalue weighted by Gasteiger charge is 2.39. The van der Waals surface area contributed by atoms with Gasteiger partial charge in [0.25, 0.3) is 0 Å². The zero-order chi connectivity index (χ0) is 14.6. The van der Waals surface area contributed by atoms with Gasteiger partial charge in [-0.15, -0.1) is 0 Å². The number of hydrogen-bond acceptors (Lipinski definition) is 6. The van der Waals surface area contributed by atoms with Crippen molar-refractivity contribution in [1.82, 2.24) is 4.90 Å². The lowest BCUT2D eigenvalue weighted by atomic mass is 9.81. The Hall–Kier alpha value is 0.570. The summed E-state index contributed by atoms with van der Waals surface area (Å²) in [5.74, 6) is 2.76. The van der Waals surface area contributed by atoms with E-state index in [-0.39, 0.29) is 16.5 Å². The molecule has 1 atom stereocenters. The Morgan fingerprint density at radius 3 is 2.70 bits per heavy atom. The molecular formula is C13H25NO3S3. The Bertz CT molecular complexity index is 407. The van der Waals surface area contributed by atoms with E-state index < -0.39 is 9.84 Å². The molecule has 2 heterocycles. The van der Waals surface area contributed by atoms with E-state index in [0.29, 0.717) is 5.75 Å². The maximum Gasteiger partial charge on any atom is 0.166 e. The second kappa shape index (κ2) is 7.22. The van der Waals surface area contributed by atoms with E-state index in [1.165, 1.54) is 0 Å². The van der Waals surface area contributed by atoms with Gasteiger partial charge in [0.2, 0.25) is 0 Å². The van der Waals surface area contributed by atoms with Crippen molar-refractivity contribution in [3.8, 4) is 0 Å². The van der Waals surface area contributed by atoms with Crippen LogP contribution >= 0.6 is 24.4 Å². The second-order valence-corrected chi connectivity index (χ2v) is 9.64. The number of nitrogens with zero attached hydrogens (tertiary/aromatic N) is 1. The molecule has 20 heavy (non-hydrogen) atoms. The van der Waals surface area contributed by atoms with E-state index in [9.17, 15) is 8.42 Å². The monoisotopic (exact) mass is 339 g/mol. The third-order valence-electron chi connectivity index (χ3n) is 4.43. The van der Waals surface area contributed by atoms with Crippen LogP contribution in [0.15, 0.2) is 0 Å². The van der Waals surface area contributed by atoms with Crippen LogP contribution in [0.4, 0.5) is 0 Å². The minimum absolute atomic E-state index is 0.116. The Kier molecular flexibility index (Phi) is 6.11. The van der Waals surface area contributed by atoms with E-state index in [2.05, 4.69) is 17.5 Å². The molecule has 0 spiro atoms. The van der Waals surface area contributed by atoms with Crippen molar-refractivity contribution >= 4 is 34.2 Å². The molecule has 2 fully saturated rings. The molecule has 2 saturated heterocycles. The minimum Gasteiger partial charge on any atom is -0.381 e. The first-order valence-electron chi connectivity index (χ1n) is 7.25. The number of sulfone groups is 1. The van der Waals surface area contributed by atoms with Gasteiger partial charge in [0.05, 0.1) is 0 Å². The van der Waals surface area contributed by atoms with Crippen molar-refractivity contribution in [2.45, 2.75) is 25.1 Å². The SMILES string of the molecule is CCS(=O)(=O)C1CSCCN1CC1(CS)CCOCC1. The fourth-order valence-corrected chi connectivity index (χ4v) is 6.42. The van der Waals surface area contributed by atoms with E-state index in [1.807, 2.05) is 0 Å². The summed E-state index contributed by atoms with van der Waals surface area (Å²) in [5, 5.41) is -0.314. The average molecular weight is 340 g/mol. The molecule has 0 amide bonds. The summed E-state index contributed by atoms with van der Waals surface area (Å²) < 4.78 is 30.1. The van der Waals surface area contributed by atoms with Gasteiger partial charge in [-0.3, -0.25) is 4.90 Å². The fraction of sp³-hybridized carbons (Fsp3) is 1.00. The molecule has 7 heteroatoms. The lowest BCUT2D eigenvalue weighted by Crippen LogP contribution is -2.53. The van der Waals surface area contributed by atoms with Crippen LogP contribution in [0.1, 0.15) is 19.8 Å². The number of ether oxygens (including phenoxy) is 1. The van der Waals surface area contributed by atoms with Gasteiger partial charge >= 0.3 is 0 Å². The summed E-state index contributed by atoms with van der Waals surface area (Å²) in [6.45, 7) is 4.99. The van der Waals surface area contributed by atoms with Crippen LogP contribution in [0.5, 0.6) is 0 Å². The zero-order valence-electron chi connectivity index (χ0n) is 12.1. The lowest BCUT2D eigenvalue weighted by Gasteiger charge is -2.44. The van der Waals surface area contributed by atoms with Crippen molar-refractivity contribution in [2.24, 2.45) is 5.41 Å². The van der Waals surface area contributed by atoms with Crippen molar-refractivity contribution in [1.29, 1.82) is 0 Å². The molecule has 2 aliphatic rings. The van der Waals surface area contributed by atoms with Crippen LogP contribution in [-0.4, -0.2) is 68.0 Å². The van der Waals surface area contributed by atoms with Crippen LogP contribution < -0.4 is 0 Å². The largest absolute Gasteiger partial charge is 0.381 e. The Labute approximate surface area is 132 Å². The molecule has 0 aliphatic carbocycles. The van der Waals surface area contributed by atoms with Crippen molar-refractivity contribution in [3.63, 3.8) is 0 Å². The molecule has 4 nitrogen and oxygen atoms in total. The fourth-order valence-electron chi connectivity index (χ4n) is 2.92. The average Bonchev–Trinajstić information content (AvgIpc) is 2.48. The number of thioether (sulfide) groups is 1. The Balaban J connectivity index is 2.11. The van der Waals surface area contributed by atoms with Crippen molar-refractivity contribution < 1.29 is 13.2 Å². The van der Waals surface area contributed by atoms with Gasteiger partial charge in [-0.1, -0.05) is 6.92 Å². The predicted octanol–water partition coefficient (Wildman–Crippen LogP) is 1.52. The topological polar surface area (TPSA) is 46.6 Å². The molecule has 0 aromatic rings. The number of rotatable bonds is 5.